The molecule has 39 heavy (non-hydrogen) atoms. The van der Waals surface area contributed by atoms with Gasteiger partial charge in [0.25, 0.3) is 5.91 Å². The Bertz CT molecular complexity index is 1510. The molecule has 4 aromatic rings. The number of aryl methyl sites for hydroxylation is 1. The Labute approximate surface area is 227 Å². The molecule has 2 amide bonds. The van der Waals surface area contributed by atoms with Gasteiger partial charge in [0.05, 0.1) is 43.0 Å². The highest BCUT2D eigenvalue weighted by atomic mass is 35.5. The molecule has 14 nitrogen and oxygen atoms in total. The molecule has 0 fully saturated rings. The van der Waals surface area contributed by atoms with Crippen molar-refractivity contribution in [3.63, 3.8) is 0 Å². The van der Waals surface area contributed by atoms with E-state index in [-0.39, 0.29) is 29.9 Å². The molecule has 0 aliphatic rings. The number of hydrogen-bond acceptors (Lipinski definition) is 10. The number of amides is 2. The van der Waals surface area contributed by atoms with Gasteiger partial charge in [0.1, 0.15) is 12.1 Å². The van der Waals surface area contributed by atoms with Gasteiger partial charge in [-0.05, 0) is 29.8 Å². The third kappa shape index (κ3) is 6.74. The number of carbonyl (C=O) groups excluding carboxylic acids is 1. The van der Waals surface area contributed by atoms with E-state index in [9.17, 15) is 9.59 Å². The largest absolute Gasteiger partial charge is 0.494 e. The lowest BCUT2D eigenvalue weighted by Gasteiger charge is -2.17. The summed E-state index contributed by atoms with van der Waals surface area (Å²) in [4.78, 5) is 31.9. The molecule has 3 heterocycles. The number of carbonyl (C=O) groups is 2. The van der Waals surface area contributed by atoms with Crippen molar-refractivity contribution in [3.8, 4) is 17.1 Å². The van der Waals surface area contributed by atoms with Crippen molar-refractivity contribution in [2.24, 2.45) is 7.05 Å². The summed E-state index contributed by atoms with van der Waals surface area (Å²) in [5.74, 6) is 0.555. The van der Waals surface area contributed by atoms with Crippen LogP contribution < -0.4 is 20.7 Å². The van der Waals surface area contributed by atoms with Gasteiger partial charge in [-0.25, -0.2) is 14.8 Å². The number of anilines is 3. The van der Waals surface area contributed by atoms with Crippen LogP contribution in [0.15, 0.2) is 42.7 Å². The molecule has 0 aliphatic carbocycles. The Kier molecular flexibility index (Phi) is 8.48. The minimum absolute atomic E-state index is 0.0315. The number of pyridine rings is 1. The van der Waals surface area contributed by atoms with Gasteiger partial charge in [-0.15, -0.1) is 10.2 Å². The average Bonchev–Trinajstić information content (AvgIpc) is 3.34. The van der Waals surface area contributed by atoms with Crippen LogP contribution >= 0.6 is 11.6 Å². The molecular weight excluding hydrogens is 530 g/mol. The Morgan fingerprint density at radius 2 is 1.95 bits per heavy atom. The van der Waals surface area contributed by atoms with E-state index in [1.54, 1.807) is 42.3 Å². The molecule has 0 bridgehead atoms. The van der Waals surface area contributed by atoms with Crippen molar-refractivity contribution in [2.75, 3.05) is 24.8 Å². The molecule has 3 aromatic heterocycles. The fourth-order valence-corrected chi connectivity index (χ4v) is 3.77. The minimum Gasteiger partial charge on any atom is -0.494 e. The second-order valence-corrected chi connectivity index (χ2v) is 8.42. The number of nitrogens with one attached hydrogen (secondary N) is 3. The first-order valence-corrected chi connectivity index (χ1v) is 11.8. The highest BCUT2D eigenvalue weighted by Crippen LogP contribution is 2.39. The number of benzene rings is 1. The van der Waals surface area contributed by atoms with Crippen LogP contribution in [0.3, 0.4) is 0 Å². The standard InChI is InChI=1S/C24H24ClN9O5/c1-26-23(35)20-16(9-18(25)31-32-20)29-17-8-13(7-15(21(17)38-3)22-27-12-34(2)33-22)10-39-11-14-5-4-6-19(28-14)30-24(36)37/h4-9,12H,10-11H2,1-3H3,(H,26,35)(H,28,30)(H,29,31)(H,36,37). The number of nitrogens with zero attached hydrogens (tertiary/aromatic N) is 6. The topological polar surface area (TPSA) is 178 Å². The molecule has 15 heteroatoms. The van der Waals surface area contributed by atoms with Gasteiger partial charge in [-0.1, -0.05) is 17.7 Å². The first-order chi connectivity index (χ1) is 18.8. The van der Waals surface area contributed by atoms with Crippen LogP contribution in [0.25, 0.3) is 11.4 Å². The predicted octanol–water partition coefficient (Wildman–Crippen LogP) is 3.24. The van der Waals surface area contributed by atoms with Gasteiger partial charge in [0.15, 0.2) is 22.4 Å². The average molecular weight is 554 g/mol. The van der Waals surface area contributed by atoms with Crippen molar-refractivity contribution in [1.82, 2.24) is 35.3 Å². The van der Waals surface area contributed by atoms with Crippen molar-refractivity contribution < 1.29 is 24.2 Å². The smallest absolute Gasteiger partial charge is 0.410 e. The second kappa shape index (κ2) is 12.1. The minimum atomic E-state index is -1.21. The van der Waals surface area contributed by atoms with E-state index in [2.05, 4.69) is 41.2 Å². The maximum absolute atomic E-state index is 12.4. The molecule has 1 aromatic carbocycles. The lowest BCUT2D eigenvalue weighted by Crippen LogP contribution is -2.21. The lowest BCUT2D eigenvalue weighted by atomic mass is 10.1. The van der Waals surface area contributed by atoms with Crippen LogP contribution in [0.5, 0.6) is 5.75 Å². The molecule has 0 atom stereocenters. The van der Waals surface area contributed by atoms with E-state index >= 15 is 0 Å². The summed E-state index contributed by atoms with van der Waals surface area (Å²) in [7, 11) is 4.73. The lowest BCUT2D eigenvalue weighted by molar-refractivity contribution is 0.0958. The number of hydrogen-bond donors (Lipinski definition) is 4. The maximum Gasteiger partial charge on any atom is 0.410 e. The van der Waals surface area contributed by atoms with Crippen molar-refractivity contribution >= 4 is 40.8 Å². The van der Waals surface area contributed by atoms with Gasteiger partial charge in [0.2, 0.25) is 0 Å². The number of rotatable bonds is 10. The summed E-state index contributed by atoms with van der Waals surface area (Å²) in [5.41, 5.74) is 2.63. The molecule has 0 saturated carbocycles. The first kappa shape index (κ1) is 27.2. The van der Waals surface area contributed by atoms with Crippen LogP contribution in [0.1, 0.15) is 21.7 Å². The Morgan fingerprint density at radius 1 is 1.13 bits per heavy atom. The molecule has 0 spiro atoms. The zero-order valence-corrected chi connectivity index (χ0v) is 21.9. The van der Waals surface area contributed by atoms with E-state index in [4.69, 9.17) is 26.2 Å². The van der Waals surface area contributed by atoms with E-state index in [0.717, 1.165) is 5.56 Å². The van der Waals surface area contributed by atoms with E-state index in [0.29, 0.717) is 34.2 Å². The molecule has 4 rings (SSSR count). The number of carboxylic acid groups (broad SMARTS) is 1. The highest BCUT2D eigenvalue weighted by molar-refractivity contribution is 6.29. The summed E-state index contributed by atoms with van der Waals surface area (Å²) in [6, 6.07) is 10.0. The van der Waals surface area contributed by atoms with Crippen molar-refractivity contribution in [1.29, 1.82) is 0 Å². The maximum atomic E-state index is 12.4. The summed E-state index contributed by atoms with van der Waals surface area (Å²) in [6.07, 6.45) is 0.352. The van der Waals surface area contributed by atoms with Gasteiger partial charge in [-0.2, -0.15) is 5.10 Å². The van der Waals surface area contributed by atoms with Gasteiger partial charge < -0.3 is 25.2 Å². The SMILES string of the molecule is CNC(=O)c1nnc(Cl)cc1Nc1cc(COCc2cccc(NC(=O)O)n2)cc(-c2ncn(C)n2)c1OC. The normalized spacial score (nSPS) is 10.7. The summed E-state index contributed by atoms with van der Waals surface area (Å²) < 4.78 is 13.2. The van der Waals surface area contributed by atoms with Crippen LogP contribution in [-0.4, -0.2) is 61.2 Å². The fourth-order valence-electron chi connectivity index (χ4n) is 3.62. The van der Waals surface area contributed by atoms with Gasteiger partial charge in [-0.3, -0.25) is 14.8 Å². The van der Waals surface area contributed by atoms with Crippen LogP contribution in [0.2, 0.25) is 5.15 Å². The second-order valence-electron chi connectivity index (χ2n) is 8.04. The van der Waals surface area contributed by atoms with Crippen molar-refractivity contribution in [2.45, 2.75) is 13.2 Å². The predicted molar refractivity (Wildman–Crippen MR) is 141 cm³/mol. The van der Waals surface area contributed by atoms with Crippen LogP contribution in [0.4, 0.5) is 22.0 Å². The van der Waals surface area contributed by atoms with Gasteiger partial charge in [0, 0.05) is 20.2 Å². The summed E-state index contributed by atoms with van der Waals surface area (Å²) in [6.45, 7) is 0.264. The molecule has 4 N–H and O–H groups in total. The molecule has 0 unspecified atom stereocenters. The number of methoxy groups -OCH3 is 1. The first-order valence-electron chi connectivity index (χ1n) is 11.4. The quantitative estimate of drug-likeness (QED) is 0.226. The van der Waals surface area contributed by atoms with Crippen LogP contribution in [0, 0.1) is 0 Å². The zero-order valence-electron chi connectivity index (χ0n) is 21.1. The van der Waals surface area contributed by atoms with E-state index in [1.165, 1.54) is 20.2 Å². The monoisotopic (exact) mass is 553 g/mol. The zero-order chi connectivity index (χ0) is 27.9. The van der Waals surface area contributed by atoms with E-state index in [1.807, 2.05) is 6.07 Å². The molecule has 0 radical (unpaired) electrons. The molecule has 202 valence electrons. The molecule has 0 aliphatic heterocycles. The third-order valence-electron chi connectivity index (χ3n) is 5.23. The third-order valence-corrected chi connectivity index (χ3v) is 5.41. The Hall–Kier alpha value is -4.82. The number of halogens is 1. The summed E-state index contributed by atoms with van der Waals surface area (Å²) >= 11 is 6.07. The van der Waals surface area contributed by atoms with Crippen LogP contribution in [-0.2, 0) is 25.0 Å². The fraction of sp³-hybridized carbons (Fsp3) is 0.208. The molecular formula is C24H24ClN9O5. The number of ether oxygens (including phenoxy) is 2. The Morgan fingerprint density at radius 3 is 2.64 bits per heavy atom. The highest BCUT2D eigenvalue weighted by Gasteiger charge is 2.20. The number of aromatic nitrogens is 6. The van der Waals surface area contributed by atoms with E-state index < -0.39 is 12.0 Å². The molecule has 0 saturated heterocycles. The van der Waals surface area contributed by atoms with Gasteiger partial charge >= 0.3 is 6.09 Å². The Balaban J connectivity index is 1.67. The van der Waals surface area contributed by atoms with Crippen molar-refractivity contribution in [3.05, 3.63) is 64.8 Å². The summed E-state index contributed by atoms with van der Waals surface area (Å²) in [5, 5.41) is 29.0.